The Morgan fingerprint density at radius 2 is 0.360 bits per heavy atom. The van der Waals surface area contributed by atoms with Gasteiger partial charge in [-0.15, -0.1) is 0 Å². The number of carbonyl (C=O) groups is 6. The van der Waals surface area contributed by atoms with Crippen LogP contribution in [0.15, 0.2) is 340 Å². The third-order valence-electron chi connectivity index (χ3n) is 18.8. The smallest absolute Gasteiger partial charge is 0.193 e. The molecule has 12 nitrogen and oxygen atoms in total. The number of ether oxygens (including phenoxy) is 6. The van der Waals surface area contributed by atoms with Crippen LogP contribution in [0, 0.1) is 20.8 Å². The summed E-state index contributed by atoms with van der Waals surface area (Å²) in [6.45, 7) is 12.1. The van der Waals surface area contributed by atoms with E-state index < -0.39 is 0 Å². The van der Waals surface area contributed by atoms with Gasteiger partial charge < -0.3 is 28.4 Å². The van der Waals surface area contributed by atoms with Crippen LogP contribution >= 0.6 is 0 Å². The van der Waals surface area contributed by atoms with Gasteiger partial charge >= 0.3 is 0 Å². The summed E-state index contributed by atoms with van der Waals surface area (Å²) in [6.07, 6.45) is 0. The van der Waals surface area contributed by atoms with Gasteiger partial charge in [0.2, 0.25) is 0 Å². The number of aryl methyl sites for hydroxylation is 3. The monoisotopic (exact) mass is 1460 g/mol. The fraction of sp³-hybridized carbons (Fsp3) is 0.0909. The largest absolute Gasteiger partial charge is 0.497 e. The molecule has 0 aliphatic carbocycles. The van der Waals surface area contributed by atoms with Crippen molar-refractivity contribution in [3.63, 3.8) is 0 Å². The van der Waals surface area contributed by atoms with Crippen molar-refractivity contribution in [3.8, 4) is 68.6 Å². The van der Waals surface area contributed by atoms with Crippen LogP contribution in [-0.4, -0.2) is 48.9 Å². The third-order valence-corrected chi connectivity index (χ3v) is 18.8. The van der Waals surface area contributed by atoms with Crippen molar-refractivity contribution in [1.82, 2.24) is 0 Å². The Balaban J connectivity index is 0.000000155. The average Bonchev–Trinajstić information content (AvgIpc) is 0.841. The molecular formula is C99H80O12. The van der Waals surface area contributed by atoms with E-state index in [2.05, 4.69) is 88.4 Å². The quantitative estimate of drug-likeness (QED) is 0.0528. The second-order valence-corrected chi connectivity index (χ2v) is 27.1. The first-order valence-corrected chi connectivity index (χ1v) is 36.1. The lowest BCUT2D eigenvalue weighted by atomic mass is 9.78. The number of carbonyl (C=O) groups excluding carboxylic acids is 6. The zero-order valence-corrected chi connectivity index (χ0v) is 62.7. The lowest BCUT2D eigenvalue weighted by Crippen LogP contribution is -2.18. The summed E-state index contributed by atoms with van der Waals surface area (Å²) in [7, 11) is 3.19. The molecule has 111 heavy (non-hydrogen) atoms. The molecule has 0 unspecified atom stereocenters. The van der Waals surface area contributed by atoms with Gasteiger partial charge in [0.15, 0.2) is 34.7 Å². The SMILES string of the molecule is CC(=O)c1ccc(C(=O)c2ccc(Oc3ccc(C(=O)c4ccc(Oc5ccc(C)cc5)cc4)cc3)cc2)cc1.COc1ccc(C(=O)c2ccc(C(=O)c3ccc(Oc4ccc(-c5ccc(C)cc5)cc4)cc3)cc2)cc1.COc1ccc(C(=O)c2ccc(Oc3ccc(C(C)(C)c4ccc(C)cc4)cc3)cc2)cc1. The van der Waals surface area contributed by atoms with E-state index in [0.29, 0.717) is 95.7 Å². The van der Waals surface area contributed by atoms with Crippen molar-refractivity contribution in [1.29, 1.82) is 0 Å². The van der Waals surface area contributed by atoms with E-state index in [4.69, 9.17) is 28.4 Å². The van der Waals surface area contributed by atoms with Crippen LogP contribution in [0.5, 0.6) is 57.5 Å². The average molecular weight is 1460 g/mol. The van der Waals surface area contributed by atoms with Crippen molar-refractivity contribution >= 4 is 34.7 Å². The van der Waals surface area contributed by atoms with E-state index in [-0.39, 0.29) is 40.1 Å². The molecule has 0 bridgehead atoms. The van der Waals surface area contributed by atoms with Crippen LogP contribution in [0.1, 0.15) is 139 Å². The predicted octanol–water partition coefficient (Wildman–Crippen LogP) is 23.5. The minimum absolute atomic E-state index is 0.0353. The van der Waals surface area contributed by atoms with Gasteiger partial charge in [0.25, 0.3) is 0 Å². The molecule has 0 atom stereocenters. The first-order valence-electron chi connectivity index (χ1n) is 36.1. The summed E-state index contributed by atoms with van der Waals surface area (Å²) in [5, 5.41) is 0. The van der Waals surface area contributed by atoms with E-state index in [1.165, 1.54) is 29.2 Å². The van der Waals surface area contributed by atoms with E-state index in [1.54, 1.807) is 220 Å². The van der Waals surface area contributed by atoms with Gasteiger partial charge in [-0.05, 0) is 256 Å². The summed E-state index contributed by atoms with van der Waals surface area (Å²) < 4.78 is 34.0. The molecule has 14 rings (SSSR count). The third kappa shape index (κ3) is 19.9. The number of benzene rings is 14. The molecule has 0 spiro atoms. The molecule has 0 saturated carbocycles. The number of ketones is 6. The lowest BCUT2D eigenvalue weighted by Gasteiger charge is -2.26. The summed E-state index contributed by atoms with van der Waals surface area (Å²) in [6, 6.07) is 103. The first-order chi connectivity index (χ1) is 53.7. The zero-order chi connectivity index (χ0) is 78.0. The highest BCUT2D eigenvalue weighted by atomic mass is 16.5. The Hall–Kier alpha value is -14.1. The summed E-state index contributed by atoms with van der Waals surface area (Å²) in [4.78, 5) is 75.6. The summed E-state index contributed by atoms with van der Waals surface area (Å²) in [5.41, 5.74) is 14.4. The van der Waals surface area contributed by atoms with Gasteiger partial charge in [-0.1, -0.05) is 164 Å². The van der Waals surface area contributed by atoms with E-state index in [0.717, 1.165) is 39.7 Å². The first kappa shape index (κ1) is 76.5. The number of hydrogen-bond donors (Lipinski definition) is 0. The van der Waals surface area contributed by atoms with Gasteiger partial charge in [0.1, 0.15) is 57.5 Å². The van der Waals surface area contributed by atoms with Crippen molar-refractivity contribution in [2.45, 2.75) is 47.0 Å². The van der Waals surface area contributed by atoms with Crippen LogP contribution < -0.4 is 28.4 Å². The topological polar surface area (TPSA) is 158 Å². The van der Waals surface area contributed by atoms with Crippen molar-refractivity contribution in [2.24, 2.45) is 0 Å². The molecule has 14 aromatic rings. The van der Waals surface area contributed by atoms with Gasteiger partial charge in [-0.25, -0.2) is 0 Å². The van der Waals surface area contributed by atoms with Crippen molar-refractivity contribution in [3.05, 3.63) is 429 Å². The van der Waals surface area contributed by atoms with Crippen molar-refractivity contribution in [2.75, 3.05) is 14.2 Å². The zero-order valence-electron chi connectivity index (χ0n) is 62.7. The molecule has 0 saturated heterocycles. The second kappa shape index (κ2) is 35.5. The Labute approximate surface area is 646 Å². The molecule has 14 aromatic carbocycles. The molecule has 0 aromatic heterocycles. The number of hydrogen-bond acceptors (Lipinski definition) is 12. The number of methoxy groups -OCH3 is 2. The van der Waals surface area contributed by atoms with Crippen LogP contribution in [0.2, 0.25) is 0 Å². The minimum atomic E-state index is -0.140. The van der Waals surface area contributed by atoms with Crippen LogP contribution in [0.3, 0.4) is 0 Å². The number of rotatable bonds is 24. The molecule has 0 fully saturated rings. The standard InChI is InChI=1S/C35H26O5.C34H26O4.C30H28O3/c1-23-3-15-30(16-4-23)39-31-17-11-28(12-18-31)35(38)29-13-21-33(22-14-29)40-32-19-9-27(10-20-32)34(37)26-7-5-25(6-8-26)24(2)36;1-23-3-5-24(6-4-23)25-11-19-31(20-12-25)38-32-21-15-29(16-22-32)34(36)27-9-7-26(8-10-27)33(35)28-13-17-30(37-2)18-14-28;1-21-5-11-24(12-6-21)30(2,3)25-13-19-28(20-14-25)33-27-17-9-23(10-18-27)29(31)22-7-15-26(32-4)16-8-22/h3-22H,1-2H3;3-22H,1-2H3;5-20H,1-4H3. The Kier molecular flexibility index (Phi) is 24.5. The molecule has 0 amide bonds. The molecular weight excluding hydrogens is 1380 g/mol. The Bertz CT molecular complexity index is 5530. The fourth-order valence-electron chi connectivity index (χ4n) is 12.0. The second-order valence-electron chi connectivity index (χ2n) is 27.1. The molecule has 0 aliphatic rings. The maximum Gasteiger partial charge on any atom is 0.193 e. The van der Waals surface area contributed by atoms with Crippen LogP contribution in [0.4, 0.5) is 0 Å². The number of Topliss-reactive ketones (excluding diaryl/α,β-unsaturated/α-hetero) is 1. The highest BCUT2D eigenvalue weighted by Crippen LogP contribution is 2.35. The molecule has 0 radical (unpaired) electrons. The van der Waals surface area contributed by atoms with E-state index in [1.807, 2.05) is 79.7 Å². The predicted molar refractivity (Wildman–Crippen MR) is 436 cm³/mol. The normalized spacial score (nSPS) is 10.7. The Morgan fingerprint density at radius 3 is 0.586 bits per heavy atom. The van der Waals surface area contributed by atoms with E-state index in [9.17, 15) is 28.8 Å². The fourth-order valence-corrected chi connectivity index (χ4v) is 12.0. The van der Waals surface area contributed by atoms with Crippen LogP contribution in [0.25, 0.3) is 11.1 Å². The summed E-state index contributed by atoms with van der Waals surface area (Å²) in [5.74, 6) is 6.19. The van der Waals surface area contributed by atoms with Crippen molar-refractivity contribution < 1.29 is 57.2 Å². The maximum absolute atomic E-state index is 13.0. The van der Waals surface area contributed by atoms with Gasteiger partial charge in [0.05, 0.1) is 14.2 Å². The molecule has 0 aliphatic heterocycles. The van der Waals surface area contributed by atoms with Crippen LogP contribution in [-0.2, 0) is 5.41 Å². The molecule has 12 heteroatoms. The molecule has 0 N–H and O–H groups in total. The minimum Gasteiger partial charge on any atom is -0.497 e. The maximum atomic E-state index is 13.0. The van der Waals surface area contributed by atoms with Gasteiger partial charge in [-0.2, -0.15) is 0 Å². The van der Waals surface area contributed by atoms with E-state index >= 15 is 0 Å². The van der Waals surface area contributed by atoms with Gasteiger partial charge in [0, 0.05) is 66.6 Å². The highest BCUT2D eigenvalue weighted by Gasteiger charge is 2.24. The lowest BCUT2D eigenvalue weighted by molar-refractivity contribution is 0.101. The summed E-state index contributed by atoms with van der Waals surface area (Å²) >= 11 is 0. The molecule has 548 valence electrons. The van der Waals surface area contributed by atoms with Gasteiger partial charge in [-0.3, -0.25) is 28.8 Å². The molecule has 0 heterocycles. The Morgan fingerprint density at radius 1 is 0.207 bits per heavy atom. The highest BCUT2D eigenvalue weighted by molar-refractivity contribution is 6.13.